The minimum atomic E-state index is -2.55. The highest BCUT2D eigenvalue weighted by Gasteiger charge is 2.15. The molecule has 0 bridgehead atoms. The molecular formula is C12H15ClF2N2O2. The third-order valence-electron chi connectivity index (χ3n) is 2.29. The quantitative estimate of drug-likeness (QED) is 0.806. The number of anilines is 1. The van der Waals surface area contributed by atoms with E-state index in [1.165, 1.54) is 4.90 Å². The van der Waals surface area contributed by atoms with Crippen LogP contribution in [0.5, 0.6) is 0 Å². The monoisotopic (exact) mass is 292 g/mol. The summed E-state index contributed by atoms with van der Waals surface area (Å²) in [5.74, 6) is -0.434. The van der Waals surface area contributed by atoms with E-state index in [1.807, 2.05) is 0 Å². The van der Waals surface area contributed by atoms with Crippen molar-refractivity contribution in [3.05, 3.63) is 29.3 Å². The lowest BCUT2D eigenvalue weighted by Gasteiger charge is -2.20. The van der Waals surface area contributed by atoms with Gasteiger partial charge in [-0.15, -0.1) is 0 Å². The Kier molecular flexibility index (Phi) is 6.69. The number of carbonyl (C=O) groups excluding carboxylic acids is 1. The Labute approximate surface area is 115 Å². The summed E-state index contributed by atoms with van der Waals surface area (Å²) in [5, 5.41) is 11.8. The number of carbonyl (C=O) groups is 1. The van der Waals surface area contributed by atoms with E-state index >= 15 is 0 Å². The molecule has 0 aliphatic rings. The van der Waals surface area contributed by atoms with Gasteiger partial charge < -0.3 is 10.4 Å². The minimum Gasteiger partial charge on any atom is -0.395 e. The molecule has 1 aromatic carbocycles. The van der Waals surface area contributed by atoms with Gasteiger partial charge in [-0.1, -0.05) is 17.7 Å². The van der Waals surface area contributed by atoms with Gasteiger partial charge in [0, 0.05) is 17.3 Å². The van der Waals surface area contributed by atoms with Crippen LogP contribution in [-0.4, -0.2) is 48.6 Å². The lowest BCUT2D eigenvalue weighted by molar-refractivity contribution is -0.117. The van der Waals surface area contributed by atoms with Crippen molar-refractivity contribution in [2.24, 2.45) is 0 Å². The smallest absolute Gasteiger partial charge is 0.251 e. The first-order chi connectivity index (χ1) is 9.01. The second-order valence-corrected chi connectivity index (χ2v) is 4.34. The number of halogens is 3. The van der Waals surface area contributed by atoms with Gasteiger partial charge in [-0.05, 0) is 18.2 Å². The Morgan fingerprint density at radius 1 is 1.47 bits per heavy atom. The number of alkyl halides is 2. The number of benzene rings is 1. The lowest BCUT2D eigenvalue weighted by atomic mass is 10.3. The number of nitrogens with zero attached hydrogens (tertiary/aromatic N) is 1. The van der Waals surface area contributed by atoms with Gasteiger partial charge in [0.15, 0.2) is 0 Å². The SMILES string of the molecule is O=C(CN(CCO)CC(F)F)Nc1cccc(Cl)c1. The van der Waals surface area contributed by atoms with Crippen LogP contribution < -0.4 is 5.32 Å². The summed E-state index contributed by atoms with van der Waals surface area (Å²) in [4.78, 5) is 12.9. The van der Waals surface area contributed by atoms with Crippen LogP contribution in [0, 0.1) is 0 Å². The van der Waals surface area contributed by atoms with Gasteiger partial charge in [0.25, 0.3) is 6.43 Å². The number of nitrogens with one attached hydrogen (secondary N) is 1. The fraction of sp³-hybridized carbons (Fsp3) is 0.417. The van der Waals surface area contributed by atoms with Gasteiger partial charge in [0.1, 0.15) is 0 Å². The van der Waals surface area contributed by atoms with Crippen molar-refractivity contribution in [2.45, 2.75) is 6.43 Å². The fourth-order valence-electron chi connectivity index (χ4n) is 1.54. The highest BCUT2D eigenvalue weighted by Crippen LogP contribution is 2.14. The zero-order chi connectivity index (χ0) is 14.3. The van der Waals surface area contributed by atoms with Gasteiger partial charge >= 0.3 is 0 Å². The molecule has 0 aliphatic carbocycles. The van der Waals surface area contributed by atoms with Crippen molar-refractivity contribution in [1.29, 1.82) is 0 Å². The second-order valence-electron chi connectivity index (χ2n) is 3.91. The van der Waals surface area contributed by atoms with E-state index in [9.17, 15) is 13.6 Å². The van der Waals surface area contributed by atoms with Crippen molar-refractivity contribution in [3.63, 3.8) is 0 Å². The zero-order valence-electron chi connectivity index (χ0n) is 10.2. The van der Waals surface area contributed by atoms with Gasteiger partial charge in [-0.2, -0.15) is 0 Å². The van der Waals surface area contributed by atoms with E-state index in [-0.39, 0.29) is 19.7 Å². The Morgan fingerprint density at radius 3 is 2.79 bits per heavy atom. The highest BCUT2D eigenvalue weighted by atomic mass is 35.5. The van der Waals surface area contributed by atoms with E-state index in [4.69, 9.17) is 16.7 Å². The molecule has 0 aliphatic heterocycles. The van der Waals surface area contributed by atoms with E-state index < -0.39 is 18.9 Å². The Hall–Kier alpha value is -1.24. The van der Waals surface area contributed by atoms with Gasteiger partial charge in [0.05, 0.1) is 19.7 Å². The number of amides is 1. The minimum absolute atomic E-state index is 0.0211. The fourth-order valence-corrected chi connectivity index (χ4v) is 1.73. The van der Waals surface area contributed by atoms with Crippen LogP contribution in [0.25, 0.3) is 0 Å². The summed E-state index contributed by atoms with van der Waals surface area (Å²) < 4.78 is 24.5. The summed E-state index contributed by atoms with van der Waals surface area (Å²) >= 11 is 5.76. The molecule has 0 unspecified atom stereocenters. The maximum absolute atomic E-state index is 12.3. The maximum atomic E-state index is 12.3. The van der Waals surface area contributed by atoms with Gasteiger partial charge in [-0.3, -0.25) is 9.69 Å². The summed E-state index contributed by atoms with van der Waals surface area (Å²) in [6.45, 7) is -1.02. The van der Waals surface area contributed by atoms with Crippen LogP contribution in [0.15, 0.2) is 24.3 Å². The van der Waals surface area contributed by atoms with Crippen LogP contribution >= 0.6 is 11.6 Å². The predicted octanol–water partition coefficient (Wildman–Crippen LogP) is 1.84. The molecule has 0 saturated carbocycles. The zero-order valence-corrected chi connectivity index (χ0v) is 10.9. The first-order valence-corrected chi connectivity index (χ1v) is 6.06. The van der Waals surface area contributed by atoms with Crippen molar-refractivity contribution < 1.29 is 18.7 Å². The molecule has 4 nitrogen and oxygen atoms in total. The van der Waals surface area contributed by atoms with E-state index in [0.717, 1.165) is 0 Å². The Morgan fingerprint density at radius 2 is 2.21 bits per heavy atom. The molecule has 1 amide bonds. The van der Waals surface area contributed by atoms with Crippen molar-refractivity contribution in [1.82, 2.24) is 4.90 Å². The number of hydrogen-bond donors (Lipinski definition) is 2. The molecule has 106 valence electrons. The first-order valence-electron chi connectivity index (χ1n) is 5.68. The average Bonchev–Trinajstić information content (AvgIpc) is 2.27. The molecule has 0 saturated heterocycles. The number of hydrogen-bond acceptors (Lipinski definition) is 3. The van der Waals surface area contributed by atoms with E-state index in [1.54, 1.807) is 24.3 Å². The Bertz CT molecular complexity index is 418. The molecule has 0 fully saturated rings. The molecule has 0 aromatic heterocycles. The van der Waals surface area contributed by atoms with Gasteiger partial charge in [-0.25, -0.2) is 8.78 Å². The molecule has 0 spiro atoms. The Balaban J connectivity index is 2.52. The van der Waals surface area contributed by atoms with Crippen LogP contribution in [-0.2, 0) is 4.79 Å². The average molecular weight is 293 g/mol. The van der Waals surface area contributed by atoms with Crippen molar-refractivity contribution >= 4 is 23.2 Å². The molecule has 0 atom stereocenters. The van der Waals surface area contributed by atoms with E-state index in [2.05, 4.69) is 5.32 Å². The molecule has 1 aromatic rings. The van der Waals surface area contributed by atoms with Crippen molar-refractivity contribution in [3.8, 4) is 0 Å². The summed E-state index contributed by atoms with van der Waals surface area (Å²) in [6, 6.07) is 6.53. The molecule has 2 N–H and O–H groups in total. The summed E-state index contributed by atoms with van der Waals surface area (Å²) in [5.41, 5.74) is 0.499. The molecule has 0 radical (unpaired) electrons. The molecule has 0 heterocycles. The number of aliphatic hydroxyl groups is 1. The first kappa shape index (κ1) is 15.8. The molecule has 1 rings (SSSR count). The standard InChI is InChI=1S/C12H15ClF2N2O2/c13-9-2-1-3-10(6-9)16-12(19)8-17(4-5-18)7-11(14)15/h1-3,6,11,18H,4-5,7-8H2,(H,16,19). The van der Waals surface area contributed by atoms with Crippen LogP contribution in [0.2, 0.25) is 5.02 Å². The summed E-state index contributed by atoms with van der Waals surface area (Å²) in [6.07, 6.45) is -2.55. The topological polar surface area (TPSA) is 52.6 Å². The largest absolute Gasteiger partial charge is 0.395 e. The molecule has 7 heteroatoms. The third-order valence-corrected chi connectivity index (χ3v) is 2.52. The highest BCUT2D eigenvalue weighted by molar-refractivity contribution is 6.30. The van der Waals surface area contributed by atoms with Gasteiger partial charge in [0.2, 0.25) is 5.91 Å². The maximum Gasteiger partial charge on any atom is 0.251 e. The van der Waals surface area contributed by atoms with Crippen LogP contribution in [0.3, 0.4) is 0 Å². The second kappa shape index (κ2) is 8.04. The van der Waals surface area contributed by atoms with Crippen LogP contribution in [0.1, 0.15) is 0 Å². The normalized spacial score (nSPS) is 11.1. The lowest BCUT2D eigenvalue weighted by Crippen LogP contribution is -2.38. The number of aliphatic hydroxyl groups excluding tert-OH is 1. The molecule has 19 heavy (non-hydrogen) atoms. The van der Waals surface area contributed by atoms with Crippen LogP contribution in [0.4, 0.5) is 14.5 Å². The predicted molar refractivity (Wildman–Crippen MR) is 69.6 cm³/mol. The summed E-state index contributed by atoms with van der Waals surface area (Å²) in [7, 11) is 0. The third kappa shape index (κ3) is 6.47. The van der Waals surface area contributed by atoms with Crippen molar-refractivity contribution in [2.75, 3.05) is 31.6 Å². The molecular weight excluding hydrogens is 278 g/mol. The number of rotatable bonds is 7. The van der Waals surface area contributed by atoms with E-state index in [0.29, 0.717) is 10.7 Å².